The number of methoxy groups -OCH3 is 2. The molecule has 1 amide bonds. The van der Waals surface area contributed by atoms with Crippen molar-refractivity contribution in [2.75, 3.05) is 19.5 Å². The zero-order chi connectivity index (χ0) is 20.3. The van der Waals surface area contributed by atoms with E-state index in [0.29, 0.717) is 0 Å². The average Bonchev–Trinajstić information content (AvgIpc) is 3.15. The van der Waals surface area contributed by atoms with E-state index in [0.717, 1.165) is 17.4 Å². The van der Waals surface area contributed by atoms with Crippen LogP contribution in [0.4, 0.5) is 10.1 Å². The second-order valence-corrected chi connectivity index (χ2v) is 6.50. The summed E-state index contributed by atoms with van der Waals surface area (Å²) in [6.07, 6.45) is 0. The lowest BCUT2D eigenvalue weighted by Gasteiger charge is -2.11. The molecule has 0 atom stereocenters. The lowest BCUT2D eigenvalue weighted by molar-refractivity contribution is 0.102. The molecule has 0 aliphatic rings. The Morgan fingerprint density at radius 3 is 2.36 bits per heavy atom. The van der Waals surface area contributed by atoms with Crippen molar-refractivity contribution in [3.63, 3.8) is 0 Å². The molecule has 1 N–H and O–H groups in total. The third-order valence-electron chi connectivity index (χ3n) is 4.28. The normalized spacial score (nSPS) is 10.8. The molecule has 0 spiro atoms. The van der Waals surface area contributed by atoms with Crippen molar-refractivity contribution < 1.29 is 18.7 Å². The highest BCUT2D eigenvalue weighted by Gasteiger charge is 2.20. The smallest absolute Gasteiger partial charge is 0.276 e. The summed E-state index contributed by atoms with van der Waals surface area (Å²) in [5, 5.41) is 7.12. The van der Waals surface area contributed by atoms with Gasteiger partial charge >= 0.3 is 0 Å². The number of halogens is 1. The fraction of sp³-hybridized carbons (Fsp3) is 0.238. The monoisotopic (exact) mass is 383 g/mol. The number of nitrogens with one attached hydrogen (secondary N) is 1. The summed E-state index contributed by atoms with van der Waals surface area (Å²) < 4.78 is 26.0. The minimum absolute atomic E-state index is 0.0327. The van der Waals surface area contributed by atoms with Gasteiger partial charge in [-0.05, 0) is 24.1 Å². The molecule has 1 heterocycles. The van der Waals surface area contributed by atoms with E-state index in [9.17, 15) is 9.18 Å². The van der Waals surface area contributed by atoms with Crippen LogP contribution < -0.4 is 14.8 Å². The molecule has 1 aromatic heterocycles. The van der Waals surface area contributed by atoms with Crippen LogP contribution in [0.5, 0.6) is 11.5 Å². The third-order valence-corrected chi connectivity index (χ3v) is 4.28. The highest BCUT2D eigenvalue weighted by Crippen LogP contribution is 2.32. The van der Waals surface area contributed by atoms with Crippen LogP contribution in [0.2, 0.25) is 0 Å². The molecule has 0 aliphatic heterocycles. The maximum absolute atomic E-state index is 14.1. The van der Waals surface area contributed by atoms with Gasteiger partial charge in [0.1, 0.15) is 5.75 Å². The maximum Gasteiger partial charge on any atom is 0.276 e. The van der Waals surface area contributed by atoms with Crippen LogP contribution in [0, 0.1) is 5.82 Å². The molecular formula is C21H22FN3O3. The van der Waals surface area contributed by atoms with Crippen molar-refractivity contribution in [3.05, 3.63) is 65.7 Å². The van der Waals surface area contributed by atoms with Gasteiger partial charge in [0.15, 0.2) is 17.3 Å². The Balaban J connectivity index is 1.95. The highest BCUT2D eigenvalue weighted by molar-refractivity contribution is 6.03. The molecule has 3 rings (SSSR count). The van der Waals surface area contributed by atoms with Crippen LogP contribution in [-0.4, -0.2) is 29.9 Å². The first kappa shape index (κ1) is 19.4. The number of nitrogens with zero attached hydrogens (tertiary/aromatic N) is 2. The van der Waals surface area contributed by atoms with E-state index in [1.54, 1.807) is 10.7 Å². The van der Waals surface area contributed by atoms with Crippen LogP contribution >= 0.6 is 0 Å². The first-order chi connectivity index (χ1) is 13.4. The molecule has 0 unspecified atom stereocenters. The number of rotatable bonds is 6. The summed E-state index contributed by atoms with van der Waals surface area (Å²) in [7, 11) is 2.79. The van der Waals surface area contributed by atoms with Gasteiger partial charge in [-0.15, -0.1) is 0 Å². The van der Waals surface area contributed by atoms with Crippen LogP contribution in [0.1, 0.15) is 35.9 Å². The van der Waals surface area contributed by atoms with E-state index >= 15 is 0 Å². The lowest BCUT2D eigenvalue weighted by atomic mass is 10.1. The minimum atomic E-state index is -0.601. The third kappa shape index (κ3) is 3.83. The van der Waals surface area contributed by atoms with Crippen LogP contribution in [0.3, 0.4) is 0 Å². The Kier molecular flexibility index (Phi) is 5.63. The predicted octanol–water partition coefficient (Wildman–Crippen LogP) is 4.40. The molecular weight excluding hydrogens is 361 g/mol. The molecule has 3 aromatic rings. The average molecular weight is 383 g/mol. The fourth-order valence-electron chi connectivity index (χ4n) is 2.84. The Hall–Kier alpha value is -3.35. The van der Waals surface area contributed by atoms with Gasteiger partial charge in [-0.1, -0.05) is 32.0 Å². The number of para-hydroxylation sites is 1. The summed E-state index contributed by atoms with van der Waals surface area (Å²) in [5.74, 6) is -0.582. The molecule has 2 aromatic carbocycles. The van der Waals surface area contributed by atoms with E-state index in [2.05, 4.69) is 10.4 Å². The molecule has 0 radical (unpaired) electrons. The molecule has 28 heavy (non-hydrogen) atoms. The number of benzene rings is 2. The zero-order valence-electron chi connectivity index (χ0n) is 16.2. The molecule has 0 saturated carbocycles. The number of aromatic nitrogens is 2. The van der Waals surface area contributed by atoms with Crippen molar-refractivity contribution in [2.24, 2.45) is 0 Å². The molecule has 146 valence electrons. The van der Waals surface area contributed by atoms with Crippen LogP contribution in [0.25, 0.3) is 5.69 Å². The van der Waals surface area contributed by atoms with E-state index in [4.69, 9.17) is 9.47 Å². The molecule has 0 bridgehead atoms. The van der Waals surface area contributed by atoms with Crippen molar-refractivity contribution in [2.45, 2.75) is 19.8 Å². The van der Waals surface area contributed by atoms with Crippen molar-refractivity contribution in [1.82, 2.24) is 9.78 Å². The molecule has 0 aliphatic carbocycles. The number of ether oxygens (including phenoxy) is 2. The Bertz CT molecular complexity index is 984. The van der Waals surface area contributed by atoms with Crippen molar-refractivity contribution >= 4 is 11.6 Å². The summed E-state index contributed by atoms with van der Waals surface area (Å²) in [4.78, 5) is 12.8. The van der Waals surface area contributed by atoms with Gasteiger partial charge in [-0.25, -0.2) is 9.07 Å². The Morgan fingerprint density at radius 2 is 1.75 bits per heavy atom. The van der Waals surface area contributed by atoms with Gasteiger partial charge in [0.25, 0.3) is 5.91 Å². The molecule has 6 nitrogen and oxygen atoms in total. The number of carbonyl (C=O) groups excluding carboxylic acids is 1. The standard InChI is InChI=1S/C21H22FN3O3/c1-13(2)18-11-17(24-25(18)14-8-6-5-7-9-14)21(26)23-16-10-15(22)19(27-3)12-20(16)28-4/h5-13H,1-4H3,(H,23,26). The fourth-order valence-corrected chi connectivity index (χ4v) is 2.84. The second-order valence-electron chi connectivity index (χ2n) is 6.50. The van der Waals surface area contributed by atoms with E-state index in [-0.39, 0.29) is 28.8 Å². The summed E-state index contributed by atoms with van der Waals surface area (Å²) in [6.45, 7) is 4.06. The first-order valence-corrected chi connectivity index (χ1v) is 8.82. The summed E-state index contributed by atoms with van der Waals surface area (Å²) >= 11 is 0. The van der Waals surface area contributed by atoms with Gasteiger partial charge in [0.05, 0.1) is 25.6 Å². The molecule has 7 heteroatoms. The topological polar surface area (TPSA) is 65.4 Å². The maximum atomic E-state index is 14.1. The van der Waals surface area contributed by atoms with Crippen molar-refractivity contribution in [3.8, 4) is 17.2 Å². The van der Waals surface area contributed by atoms with E-state index < -0.39 is 11.7 Å². The van der Waals surface area contributed by atoms with Gasteiger partial charge in [0, 0.05) is 17.8 Å². The number of amides is 1. The van der Waals surface area contributed by atoms with E-state index in [1.165, 1.54) is 20.3 Å². The van der Waals surface area contributed by atoms with Gasteiger partial charge < -0.3 is 14.8 Å². The van der Waals surface area contributed by atoms with Gasteiger partial charge in [-0.2, -0.15) is 5.10 Å². The van der Waals surface area contributed by atoms with E-state index in [1.807, 2.05) is 44.2 Å². The minimum Gasteiger partial charge on any atom is -0.494 e. The van der Waals surface area contributed by atoms with Gasteiger partial charge in [-0.3, -0.25) is 4.79 Å². The highest BCUT2D eigenvalue weighted by atomic mass is 19.1. The Labute approximate surface area is 162 Å². The van der Waals surface area contributed by atoms with Crippen molar-refractivity contribution in [1.29, 1.82) is 0 Å². The molecule has 0 fully saturated rings. The number of carbonyl (C=O) groups is 1. The predicted molar refractivity (Wildman–Crippen MR) is 105 cm³/mol. The SMILES string of the molecule is COc1cc(OC)c(NC(=O)c2cc(C(C)C)n(-c3ccccc3)n2)cc1F. The van der Waals surface area contributed by atoms with Gasteiger partial charge in [0.2, 0.25) is 0 Å². The number of anilines is 1. The zero-order valence-corrected chi connectivity index (χ0v) is 16.2. The number of hydrogen-bond donors (Lipinski definition) is 1. The quantitative estimate of drug-likeness (QED) is 0.685. The number of hydrogen-bond acceptors (Lipinski definition) is 4. The first-order valence-electron chi connectivity index (χ1n) is 8.82. The second kappa shape index (κ2) is 8.12. The largest absolute Gasteiger partial charge is 0.494 e. The Morgan fingerprint density at radius 1 is 1.07 bits per heavy atom. The van der Waals surface area contributed by atoms with Crippen LogP contribution in [-0.2, 0) is 0 Å². The summed E-state index contributed by atoms with van der Waals surface area (Å²) in [5.41, 5.74) is 2.18. The van der Waals surface area contributed by atoms with Crippen LogP contribution in [0.15, 0.2) is 48.5 Å². The lowest BCUT2D eigenvalue weighted by Crippen LogP contribution is -2.14. The molecule has 0 saturated heterocycles. The summed E-state index contributed by atoms with van der Waals surface area (Å²) in [6, 6.07) is 13.8.